The number of carbonyl (C=O) groups is 2. The Morgan fingerprint density at radius 3 is 2.42 bits per heavy atom. The molecule has 1 fully saturated rings. The maximum atomic E-state index is 12.8. The van der Waals surface area contributed by atoms with Crippen molar-refractivity contribution in [3.05, 3.63) is 23.4 Å². The molecule has 144 valence electrons. The zero-order valence-corrected chi connectivity index (χ0v) is 15.7. The van der Waals surface area contributed by atoms with E-state index < -0.39 is 17.9 Å². The van der Waals surface area contributed by atoms with Crippen LogP contribution in [-0.4, -0.2) is 64.3 Å². The third-order valence-corrected chi connectivity index (χ3v) is 4.65. The number of pyridine rings is 1. The van der Waals surface area contributed by atoms with Crippen molar-refractivity contribution < 1.29 is 19.9 Å². The molecule has 2 atom stereocenters. The van der Waals surface area contributed by atoms with Gasteiger partial charge in [0.25, 0.3) is 5.91 Å². The van der Waals surface area contributed by atoms with E-state index in [0.29, 0.717) is 37.6 Å². The summed E-state index contributed by atoms with van der Waals surface area (Å²) >= 11 is 5.85. The fraction of sp³-hybridized carbons (Fsp3) is 0.588. The number of aromatic nitrogens is 1. The van der Waals surface area contributed by atoms with E-state index in [1.54, 1.807) is 17.2 Å². The lowest BCUT2D eigenvalue weighted by Crippen LogP contribution is -2.53. The summed E-state index contributed by atoms with van der Waals surface area (Å²) in [6.45, 7) is 5.94. The van der Waals surface area contributed by atoms with Gasteiger partial charge < -0.3 is 14.9 Å². The minimum Gasteiger partial charge on any atom is -0.382 e. The number of amides is 2. The van der Waals surface area contributed by atoms with Crippen LogP contribution in [0.3, 0.4) is 0 Å². The van der Waals surface area contributed by atoms with E-state index in [-0.39, 0.29) is 11.8 Å². The zero-order chi connectivity index (χ0) is 19.3. The second kappa shape index (κ2) is 9.16. The van der Waals surface area contributed by atoms with Gasteiger partial charge in [0.1, 0.15) is 11.9 Å². The molecule has 1 saturated heterocycles. The molecule has 1 aliphatic heterocycles. The Hall–Kier alpha value is -1.90. The normalized spacial score (nSPS) is 17.2. The van der Waals surface area contributed by atoms with Crippen LogP contribution in [0.4, 0.5) is 5.82 Å². The molecule has 1 aliphatic rings. The van der Waals surface area contributed by atoms with Crippen molar-refractivity contribution in [2.24, 2.45) is 11.8 Å². The van der Waals surface area contributed by atoms with Crippen LogP contribution < -0.4 is 10.4 Å². The molecule has 26 heavy (non-hydrogen) atoms. The van der Waals surface area contributed by atoms with E-state index in [0.717, 1.165) is 5.82 Å². The van der Waals surface area contributed by atoms with E-state index >= 15 is 0 Å². The Bertz CT molecular complexity index is 618. The molecule has 0 aromatic carbocycles. The first kappa shape index (κ1) is 20.4. The number of aliphatic hydroxyl groups is 1. The van der Waals surface area contributed by atoms with Crippen LogP contribution in [0.2, 0.25) is 5.02 Å². The summed E-state index contributed by atoms with van der Waals surface area (Å²) in [6, 6.07) is 3.60. The quantitative estimate of drug-likeness (QED) is 0.497. The van der Waals surface area contributed by atoms with E-state index in [9.17, 15) is 14.7 Å². The van der Waals surface area contributed by atoms with Gasteiger partial charge in [0.05, 0.1) is 10.9 Å². The Morgan fingerprint density at radius 2 is 1.92 bits per heavy atom. The molecule has 0 unspecified atom stereocenters. The van der Waals surface area contributed by atoms with Gasteiger partial charge in [-0.1, -0.05) is 25.4 Å². The number of hydrogen-bond acceptors (Lipinski definition) is 6. The molecule has 0 bridgehead atoms. The number of anilines is 1. The summed E-state index contributed by atoms with van der Waals surface area (Å²) < 4.78 is 0. The summed E-state index contributed by atoms with van der Waals surface area (Å²) in [5.41, 5.74) is 1.42. The molecule has 0 spiro atoms. The number of rotatable bonds is 6. The van der Waals surface area contributed by atoms with Gasteiger partial charge in [0.2, 0.25) is 5.91 Å². The Labute approximate surface area is 157 Å². The number of nitrogens with zero attached hydrogens (tertiary/aromatic N) is 3. The van der Waals surface area contributed by atoms with Crippen LogP contribution in [0.15, 0.2) is 18.3 Å². The van der Waals surface area contributed by atoms with Crippen molar-refractivity contribution in [1.82, 2.24) is 15.4 Å². The highest BCUT2D eigenvalue weighted by Crippen LogP contribution is 2.22. The first-order chi connectivity index (χ1) is 12.3. The average molecular weight is 385 g/mol. The average Bonchev–Trinajstić information content (AvgIpc) is 2.65. The third-order valence-electron chi connectivity index (χ3n) is 4.43. The monoisotopic (exact) mass is 384 g/mol. The Kier molecular flexibility index (Phi) is 7.19. The van der Waals surface area contributed by atoms with Gasteiger partial charge in [-0.25, -0.2) is 10.5 Å². The number of hydrogen-bond donors (Lipinski definition) is 3. The number of carbonyl (C=O) groups excluding carboxylic acids is 2. The molecule has 2 amide bonds. The van der Waals surface area contributed by atoms with E-state index in [2.05, 4.69) is 9.88 Å². The smallest absolute Gasteiger partial charge is 0.272 e. The SMILES string of the molecule is CC(C)C[C@H](C(=O)N1CCN(c2ccc(Cl)cn2)CC1)[C@H](O)C(=O)NO. The number of aliphatic hydroxyl groups excluding tert-OH is 1. The highest BCUT2D eigenvalue weighted by atomic mass is 35.5. The largest absolute Gasteiger partial charge is 0.382 e. The van der Waals surface area contributed by atoms with E-state index in [1.165, 1.54) is 5.48 Å². The van der Waals surface area contributed by atoms with Crippen molar-refractivity contribution >= 4 is 29.2 Å². The summed E-state index contributed by atoms with van der Waals surface area (Å²) in [5.74, 6) is -1.22. The molecular formula is C17H25ClN4O4. The minimum absolute atomic E-state index is 0.115. The second-order valence-electron chi connectivity index (χ2n) is 6.80. The number of piperazine rings is 1. The van der Waals surface area contributed by atoms with Crippen molar-refractivity contribution in [1.29, 1.82) is 0 Å². The van der Waals surface area contributed by atoms with Crippen LogP contribution in [0.5, 0.6) is 0 Å². The highest BCUT2D eigenvalue weighted by Gasteiger charge is 2.36. The number of nitrogens with one attached hydrogen (secondary N) is 1. The van der Waals surface area contributed by atoms with Gasteiger partial charge in [0, 0.05) is 32.4 Å². The molecule has 0 aliphatic carbocycles. The lowest BCUT2D eigenvalue weighted by molar-refractivity contribution is -0.151. The Balaban J connectivity index is 2.01. The maximum Gasteiger partial charge on any atom is 0.272 e. The van der Waals surface area contributed by atoms with Crippen LogP contribution >= 0.6 is 11.6 Å². The lowest BCUT2D eigenvalue weighted by Gasteiger charge is -2.37. The molecule has 8 nitrogen and oxygen atoms in total. The summed E-state index contributed by atoms with van der Waals surface area (Å²) in [6.07, 6.45) is 0.356. The molecule has 3 N–H and O–H groups in total. The topological polar surface area (TPSA) is 106 Å². The van der Waals surface area contributed by atoms with Crippen LogP contribution in [-0.2, 0) is 9.59 Å². The predicted molar refractivity (Wildman–Crippen MR) is 96.9 cm³/mol. The maximum absolute atomic E-state index is 12.8. The van der Waals surface area contributed by atoms with E-state index in [1.807, 2.05) is 19.9 Å². The van der Waals surface area contributed by atoms with Crippen LogP contribution in [0.25, 0.3) is 0 Å². The predicted octanol–water partition coefficient (Wildman–Crippen LogP) is 0.912. The first-order valence-corrected chi connectivity index (χ1v) is 8.98. The molecular weight excluding hydrogens is 360 g/mol. The van der Waals surface area contributed by atoms with Gasteiger partial charge in [-0.2, -0.15) is 0 Å². The molecule has 1 aromatic rings. The van der Waals surface area contributed by atoms with Gasteiger partial charge in [-0.05, 0) is 24.5 Å². The fourth-order valence-electron chi connectivity index (χ4n) is 3.07. The first-order valence-electron chi connectivity index (χ1n) is 8.60. The number of hydroxylamine groups is 1. The van der Waals surface area contributed by atoms with Gasteiger partial charge in [0.15, 0.2) is 0 Å². The standard InChI is InChI=1S/C17H25ClN4O4/c1-11(2)9-13(15(23)16(24)20-26)17(25)22-7-5-21(6-8-22)14-4-3-12(18)10-19-14/h3-4,10-11,13,15,23,26H,5-9H2,1-2H3,(H,20,24)/t13-,15-/m0/s1. The molecule has 9 heteroatoms. The lowest BCUT2D eigenvalue weighted by atomic mass is 9.90. The number of halogens is 1. The summed E-state index contributed by atoms with van der Waals surface area (Å²) in [5, 5.41) is 19.4. The zero-order valence-electron chi connectivity index (χ0n) is 14.9. The molecule has 0 saturated carbocycles. The van der Waals surface area contributed by atoms with Crippen molar-refractivity contribution in [2.45, 2.75) is 26.4 Å². The van der Waals surface area contributed by atoms with Crippen molar-refractivity contribution in [2.75, 3.05) is 31.1 Å². The summed E-state index contributed by atoms with van der Waals surface area (Å²) in [4.78, 5) is 32.4. The van der Waals surface area contributed by atoms with Crippen LogP contribution in [0, 0.1) is 11.8 Å². The molecule has 0 radical (unpaired) electrons. The van der Waals surface area contributed by atoms with Crippen LogP contribution in [0.1, 0.15) is 20.3 Å². The van der Waals surface area contributed by atoms with Crippen molar-refractivity contribution in [3.63, 3.8) is 0 Å². The Morgan fingerprint density at radius 1 is 1.27 bits per heavy atom. The third kappa shape index (κ3) is 5.06. The minimum atomic E-state index is -1.58. The highest BCUT2D eigenvalue weighted by molar-refractivity contribution is 6.30. The molecule has 2 heterocycles. The van der Waals surface area contributed by atoms with Gasteiger partial charge >= 0.3 is 0 Å². The molecule has 2 rings (SSSR count). The summed E-state index contributed by atoms with van der Waals surface area (Å²) in [7, 11) is 0. The van der Waals surface area contributed by atoms with E-state index in [4.69, 9.17) is 16.8 Å². The van der Waals surface area contributed by atoms with Gasteiger partial charge in [-0.15, -0.1) is 0 Å². The van der Waals surface area contributed by atoms with Gasteiger partial charge in [-0.3, -0.25) is 14.8 Å². The van der Waals surface area contributed by atoms with Crippen molar-refractivity contribution in [3.8, 4) is 0 Å². The second-order valence-corrected chi connectivity index (χ2v) is 7.24. The molecule has 1 aromatic heterocycles. The fourth-order valence-corrected chi connectivity index (χ4v) is 3.18.